The number of ether oxygens (including phenoxy) is 1. The van der Waals surface area contributed by atoms with Crippen LogP contribution in [0, 0.1) is 13.8 Å². The zero-order valence-corrected chi connectivity index (χ0v) is 14.4. The Balaban J connectivity index is 2.10. The second kappa shape index (κ2) is 6.01. The third-order valence-electron chi connectivity index (χ3n) is 3.88. The molecule has 3 aromatic rings. The monoisotopic (exact) mass is 326 g/mol. The molecule has 1 aromatic heterocycles. The summed E-state index contributed by atoms with van der Waals surface area (Å²) in [7, 11) is 3.55. The molecule has 3 rings (SSSR count). The van der Waals surface area contributed by atoms with E-state index in [4.69, 9.17) is 4.74 Å². The maximum atomic E-state index is 12.4. The van der Waals surface area contributed by atoms with Gasteiger partial charge in [0.1, 0.15) is 5.75 Å². The van der Waals surface area contributed by atoms with Crippen molar-refractivity contribution >= 4 is 27.5 Å². The van der Waals surface area contributed by atoms with E-state index in [-0.39, 0.29) is 5.91 Å². The van der Waals surface area contributed by atoms with Gasteiger partial charge < -0.3 is 9.30 Å². The number of nitrogens with zero attached hydrogens (tertiary/aromatic N) is 2. The quantitative estimate of drug-likeness (QED) is 0.722. The summed E-state index contributed by atoms with van der Waals surface area (Å²) in [5.74, 6) is 0.477. The minimum absolute atomic E-state index is 0.245. The molecule has 1 heterocycles. The molecule has 0 saturated heterocycles. The lowest BCUT2D eigenvalue weighted by atomic mass is 10.1. The first-order valence-corrected chi connectivity index (χ1v) is 8.11. The Kier molecular flexibility index (Phi) is 4.05. The maximum absolute atomic E-state index is 12.4. The van der Waals surface area contributed by atoms with Crippen molar-refractivity contribution in [1.82, 2.24) is 4.57 Å². The predicted octanol–water partition coefficient (Wildman–Crippen LogP) is 3.61. The molecule has 0 radical (unpaired) electrons. The van der Waals surface area contributed by atoms with E-state index < -0.39 is 0 Å². The number of benzene rings is 2. The number of carbonyl (C=O) groups excluding carboxylic acids is 1. The van der Waals surface area contributed by atoms with Gasteiger partial charge in [0.05, 0.1) is 17.3 Å². The molecule has 0 saturated carbocycles. The molecular formula is C18H18N2O2S. The Hall–Kier alpha value is -2.40. The lowest BCUT2D eigenvalue weighted by molar-refractivity contribution is 0.0998. The number of thiazole rings is 1. The Labute approximate surface area is 138 Å². The van der Waals surface area contributed by atoms with Crippen LogP contribution in [0.4, 0.5) is 0 Å². The van der Waals surface area contributed by atoms with Crippen LogP contribution in [0.3, 0.4) is 0 Å². The molecule has 0 fully saturated rings. The van der Waals surface area contributed by atoms with Crippen LogP contribution in [0.2, 0.25) is 0 Å². The van der Waals surface area contributed by atoms with Crippen molar-refractivity contribution in [2.24, 2.45) is 12.0 Å². The summed E-state index contributed by atoms with van der Waals surface area (Å²) < 4.78 is 8.27. The number of rotatable bonds is 2. The molecule has 0 bridgehead atoms. The van der Waals surface area contributed by atoms with Gasteiger partial charge in [-0.25, -0.2) is 0 Å². The molecule has 0 aliphatic carbocycles. The van der Waals surface area contributed by atoms with Crippen molar-refractivity contribution in [3.63, 3.8) is 0 Å². The number of amides is 1. The van der Waals surface area contributed by atoms with E-state index >= 15 is 0 Å². The Bertz CT molecular complexity index is 950. The summed E-state index contributed by atoms with van der Waals surface area (Å²) in [6.45, 7) is 4.15. The average Bonchev–Trinajstić information content (AvgIpc) is 2.89. The van der Waals surface area contributed by atoms with Gasteiger partial charge in [-0.3, -0.25) is 4.79 Å². The van der Waals surface area contributed by atoms with Gasteiger partial charge in [-0.1, -0.05) is 23.5 Å². The molecule has 0 unspecified atom stereocenters. The van der Waals surface area contributed by atoms with Crippen LogP contribution in [-0.4, -0.2) is 17.6 Å². The molecule has 5 heteroatoms. The molecule has 2 aromatic carbocycles. The molecule has 0 aliphatic rings. The van der Waals surface area contributed by atoms with E-state index in [1.54, 1.807) is 42.7 Å². The summed E-state index contributed by atoms with van der Waals surface area (Å²) in [4.78, 5) is 17.4. The fourth-order valence-corrected chi connectivity index (χ4v) is 3.72. The SMILES string of the molecule is COc1ccc(C(=O)N=c2sc3c(C)ccc(C)c3n2C)cc1. The van der Waals surface area contributed by atoms with Gasteiger partial charge >= 0.3 is 0 Å². The van der Waals surface area contributed by atoms with Crippen molar-refractivity contribution in [1.29, 1.82) is 0 Å². The zero-order chi connectivity index (χ0) is 16.6. The van der Waals surface area contributed by atoms with Crippen LogP contribution >= 0.6 is 11.3 Å². The van der Waals surface area contributed by atoms with Crippen molar-refractivity contribution in [2.45, 2.75) is 13.8 Å². The van der Waals surface area contributed by atoms with E-state index in [0.717, 1.165) is 11.3 Å². The number of hydrogen-bond acceptors (Lipinski definition) is 3. The van der Waals surface area contributed by atoms with Crippen molar-refractivity contribution in [3.8, 4) is 5.75 Å². The highest BCUT2D eigenvalue weighted by Crippen LogP contribution is 2.24. The van der Waals surface area contributed by atoms with Crippen LogP contribution in [0.15, 0.2) is 41.4 Å². The smallest absolute Gasteiger partial charge is 0.279 e. The van der Waals surface area contributed by atoms with E-state index in [0.29, 0.717) is 10.4 Å². The first kappa shape index (κ1) is 15.5. The van der Waals surface area contributed by atoms with Crippen molar-refractivity contribution in [3.05, 3.63) is 57.9 Å². The van der Waals surface area contributed by atoms with Crippen LogP contribution in [0.25, 0.3) is 10.2 Å². The molecule has 0 atom stereocenters. The van der Waals surface area contributed by atoms with E-state index in [9.17, 15) is 4.79 Å². The molecule has 0 N–H and O–H groups in total. The summed E-state index contributed by atoms with van der Waals surface area (Å²) in [6.07, 6.45) is 0. The van der Waals surface area contributed by atoms with E-state index in [1.807, 2.05) is 11.6 Å². The topological polar surface area (TPSA) is 43.6 Å². The summed E-state index contributed by atoms with van der Waals surface area (Å²) in [5, 5.41) is 0. The lowest BCUT2D eigenvalue weighted by Crippen LogP contribution is -2.13. The van der Waals surface area contributed by atoms with E-state index in [2.05, 4.69) is 31.0 Å². The summed E-state index contributed by atoms with van der Waals surface area (Å²) >= 11 is 1.55. The molecule has 4 nitrogen and oxygen atoms in total. The highest BCUT2D eigenvalue weighted by atomic mass is 32.1. The molecule has 0 aliphatic heterocycles. The largest absolute Gasteiger partial charge is 0.497 e. The number of aryl methyl sites for hydroxylation is 3. The van der Waals surface area contributed by atoms with E-state index in [1.165, 1.54) is 15.8 Å². The predicted molar refractivity (Wildman–Crippen MR) is 93.2 cm³/mol. The van der Waals surface area contributed by atoms with Gasteiger partial charge in [-0.2, -0.15) is 4.99 Å². The summed E-state index contributed by atoms with van der Waals surface area (Å²) in [6, 6.07) is 11.2. The Morgan fingerprint density at radius 1 is 1.09 bits per heavy atom. The number of aromatic nitrogens is 1. The second-order valence-electron chi connectivity index (χ2n) is 5.47. The van der Waals surface area contributed by atoms with Gasteiger partial charge in [-0.05, 0) is 49.2 Å². The maximum Gasteiger partial charge on any atom is 0.279 e. The average molecular weight is 326 g/mol. The second-order valence-corrected chi connectivity index (χ2v) is 6.44. The van der Waals surface area contributed by atoms with Crippen molar-refractivity contribution in [2.75, 3.05) is 7.11 Å². The van der Waals surface area contributed by atoms with Gasteiger partial charge in [0.2, 0.25) is 0 Å². The third kappa shape index (κ3) is 2.80. The molecule has 0 spiro atoms. The third-order valence-corrected chi connectivity index (χ3v) is 5.15. The summed E-state index contributed by atoms with van der Waals surface area (Å²) in [5.41, 5.74) is 4.07. The molecule has 23 heavy (non-hydrogen) atoms. The number of fused-ring (bicyclic) bond motifs is 1. The van der Waals surface area contributed by atoms with Gasteiger partial charge in [0.25, 0.3) is 5.91 Å². The zero-order valence-electron chi connectivity index (χ0n) is 13.6. The minimum atomic E-state index is -0.245. The van der Waals surface area contributed by atoms with Gasteiger partial charge in [-0.15, -0.1) is 0 Å². The van der Waals surface area contributed by atoms with Gasteiger partial charge in [0.15, 0.2) is 4.80 Å². The van der Waals surface area contributed by atoms with Crippen LogP contribution in [-0.2, 0) is 7.05 Å². The first-order chi connectivity index (χ1) is 11.0. The fraction of sp³-hybridized carbons (Fsp3) is 0.222. The molecular weight excluding hydrogens is 308 g/mol. The standard InChI is InChI=1S/C18H18N2O2S/c1-11-5-6-12(2)16-15(11)20(3)18(23-16)19-17(21)13-7-9-14(22-4)10-8-13/h5-10H,1-4H3. The highest BCUT2D eigenvalue weighted by molar-refractivity contribution is 7.16. The van der Waals surface area contributed by atoms with Gasteiger partial charge in [0, 0.05) is 12.6 Å². The lowest BCUT2D eigenvalue weighted by Gasteiger charge is -2.02. The molecule has 118 valence electrons. The number of hydrogen-bond donors (Lipinski definition) is 0. The first-order valence-electron chi connectivity index (χ1n) is 7.30. The van der Waals surface area contributed by atoms with Crippen LogP contribution < -0.4 is 9.54 Å². The van der Waals surface area contributed by atoms with Crippen LogP contribution in [0.5, 0.6) is 5.75 Å². The van der Waals surface area contributed by atoms with Crippen LogP contribution in [0.1, 0.15) is 21.5 Å². The fourth-order valence-electron chi connectivity index (χ4n) is 2.55. The number of methoxy groups -OCH3 is 1. The molecule has 1 amide bonds. The van der Waals surface area contributed by atoms with Crippen molar-refractivity contribution < 1.29 is 9.53 Å². The highest BCUT2D eigenvalue weighted by Gasteiger charge is 2.10. The minimum Gasteiger partial charge on any atom is -0.497 e. The Morgan fingerprint density at radius 2 is 1.74 bits per heavy atom. The number of carbonyl (C=O) groups is 1. The normalized spacial score (nSPS) is 11.9. The Morgan fingerprint density at radius 3 is 2.35 bits per heavy atom.